The summed E-state index contributed by atoms with van der Waals surface area (Å²) in [6.07, 6.45) is 5.01. The molecular weight excluding hydrogens is 316 g/mol. The molecule has 2 aromatic rings. The summed E-state index contributed by atoms with van der Waals surface area (Å²) in [5.41, 5.74) is 2.63. The Morgan fingerprint density at radius 1 is 1.24 bits per heavy atom. The Labute approximate surface area is 148 Å². The number of carbonyl (C=O) groups is 1. The van der Waals surface area contributed by atoms with Gasteiger partial charge in [-0.15, -0.1) is 0 Å². The number of benzene rings is 1. The Morgan fingerprint density at radius 3 is 2.72 bits per heavy atom. The van der Waals surface area contributed by atoms with Gasteiger partial charge in [0.25, 0.3) is 5.56 Å². The van der Waals surface area contributed by atoms with Gasteiger partial charge in [-0.05, 0) is 36.6 Å². The van der Waals surface area contributed by atoms with Crippen molar-refractivity contribution in [2.24, 2.45) is 0 Å². The summed E-state index contributed by atoms with van der Waals surface area (Å²) in [6, 6.07) is 9.04. The van der Waals surface area contributed by atoms with Crippen LogP contribution in [0.15, 0.2) is 41.3 Å². The molecule has 1 heterocycles. The number of rotatable bonds is 8. The van der Waals surface area contributed by atoms with Crippen LogP contribution in [0.3, 0.4) is 0 Å². The van der Waals surface area contributed by atoms with Gasteiger partial charge < -0.3 is 14.6 Å². The van der Waals surface area contributed by atoms with Gasteiger partial charge in [-0.1, -0.05) is 31.9 Å². The van der Waals surface area contributed by atoms with Crippen molar-refractivity contribution in [2.75, 3.05) is 11.9 Å². The average molecular weight is 342 g/mol. The summed E-state index contributed by atoms with van der Waals surface area (Å²) < 4.78 is 7.26. The molecule has 25 heavy (non-hydrogen) atoms. The summed E-state index contributed by atoms with van der Waals surface area (Å²) >= 11 is 0. The van der Waals surface area contributed by atoms with Crippen LogP contribution in [0.25, 0.3) is 0 Å². The molecule has 1 N–H and O–H groups in total. The van der Waals surface area contributed by atoms with E-state index < -0.39 is 0 Å². The Hall–Kier alpha value is -2.56. The molecule has 1 aromatic carbocycles. The molecule has 0 bridgehead atoms. The maximum absolute atomic E-state index is 12.3. The first-order valence-electron chi connectivity index (χ1n) is 8.70. The predicted molar refractivity (Wildman–Crippen MR) is 100 cm³/mol. The second-order valence-corrected chi connectivity index (χ2v) is 6.16. The second kappa shape index (κ2) is 9.06. The molecule has 0 fully saturated rings. The van der Waals surface area contributed by atoms with Crippen molar-refractivity contribution in [1.29, 1.82) is 0 Å². The molecule has 5 nitrogen and oxygen atoms in total. The summed E-state index contributed by atoms with van der Waals surface area (Å²) in [5.74, 6) is 0.503. The van der Waals surface area contributed by atoms with Crippen molar-refractivity contribution in [1.82, 2.24) is 4.57 Å². The van der Waals surface area contributed by atoms with Gasteiger partial charge in [-0.3, -0.25) is 9.59 Å². The molecule has 0 aliphatic heterocycles. The predicted octanol–water partition coefficient (Wildman–Crippen LogP) is 3.73. The smallest absolute Gasteiger partial charge is 0.254 e. The van der Waals surface area contributed by atoms with E-state index in [2.05, 4.69) is 12.2 Å². The lowest BCUT2D eigenvalue weighted by atomic mass is 10.1. The lowest BCUT2D eigenvalue weighted by Gasteiger charge is -2.13. The van der Waals surface area contributed by atoms with Crippen molar-refractivity contribution in [2.45, 2.75) is 46.6 Å². The number of hydrogen-bond donors (Lipinski definition) is 1. The number of ether oxygens (including phenoxy) is 1. The molecular formula is C20H26N2O3. The molecule has 0 aliphatic rings. The third kappa shape index (κ3) is 5.48. The zero-order valence-electron chi connectivity index (χ0n) is 15.2. The fourth-order valence-electron chi connectivity index (χ4n) is 2.62. The van der Waals surface area contributed by atoms with E-state index in [1.165, 1.54) is 13.0 Å². The van der Waals surface area contributed by atoms with Crippen molar-refractivity contribution in [3.05, 3.63) is 58.0 Å². The average Bonchev–Trinajstić information content (AvgIpc) is 2.57. The van der Waals surface area contributed by atoms with Crippen molar-refractivity contribution >= 4 is 11.6 Å². The van der Waals surface area contributed by atoms with Crippen molar-refractivity contribution in [3.8, 4) is 5.75 Å². The number of carbonyl (C=O) groups excluding carboxylic acids is 1. The maximum Gasteiger partial charge on any atom is 0.254 e. The number of nitrogens with zero attached hydrogens (tertiary/aromatic N) is 1. The maximum atomic E-state index is 12.3. The third-order valence-electron chi connectivity index (χ3n) is 4.08. The summed E-state index contributed by atoms with van der Waals surface area (Å²) in [5, 5.41) is 2.81. The van der Waals surface area contributed by atoms with E-state index in [9.17, 15) is 9.59 Å². The Balaban J connectivity index is 2.10. The molecule has 2 rings (SSSR count). The second-order valence-electron chi connectivity index (χ2n) is 6.16. The van der Waals surface area contributed by atoms with E-state index in [0.29, 0.717) is 18.9 Å². The largest absolute Gasteiger partial charge is 0.493 e. The van der Waals surface area contributed by atoms with E-state index in [4.69, 9.17) is 4.74 Å². The number of aromatic nitrogens is 1. The van der Waals surface area contributed by atoms with Crippen molar-refractivity contribution in [3.63, 3.8) is 0 Å². The zero-order chi connectivity index (χ0) is 18.2. The topological polar surface area (TPSA) is 60.3 Å². The normalized spacial score (nSPS) is 10.5. The number of amides is 1. The molecule has 0 unspecified atom stereocenters. The molecule has 0 saturated heterocycles. The highest BCUT2D eigenvalue weighted by molar-refractivity contribution is 5.89. The van der Waals surface area contributed by atoms with Gasteiger partial charge in [-0.25, -0.2) is 0 Å². The van der Waals surface area contributed by atoms with Crippen LogP contribution >= 0.6 is 0 Å². The number of nitrogens with one attached hydrogen (secondary N) is 1. The fourth-order valence-corrected chi connectivity index (χ4v) is 2.62. The Bertz CT molecular complexity index is 781. The summed E-state index contributed by atoms with van der Waals surface area (Å²) in [6.45, 7) is 6.65. The number of anilines is 1. The van der Waals surface area contributed by atoms with Crippen LogP contribution in [0.5, 0.6) is 5.75 Å². The quantitative estimate of drug-likeness (QED) is 0.744. The van der Waals surface area contributed by atoms with Crippen molar-refractivity contribution < 1.29 is 9.53 Å². The minimum atomic E-state index is -0.109. The van der Waals surface area contributed by atoms with Crippen LogP contribution in [-0.4, -0.2) is 17.1 Å². The molecule has 1 aromatic heterocycles. The molecule has 5 heteroatoms. The first kappa shape index (κ1) is 18.8. The van der Waals surface area contributed by atoms with Crippen LogP contribution in [0.2, 0.25) is 0 Å². The zero-order valence-corrected chi connectivity index (χ0v) is 15.2. The van der Waals surface area contributed by atoms with Crippen LogP contribution in [0.1, 0.15) is 44.2 Å². The van der Waals surface area contributed by atoms with Gasteiger partial charge >= 0.3 is 0 Å². The number of hydrogen-bond acceptors (Lipinski definition) is 3. The van der Waals surface area contributed by atoms with E-state index in [1.807, 2.05) is 31.2 Å². The standard InChI is InChI=1S/C20H26N2O3/c1-4-5-6-12-25-18-10-11-22(20(24)13-18)14-17-8-7-9-19(15(17)2)21-16(3)23/h7-11,13H,4-6,12,14H2,1-3H3,(H,21,23). The van der Waals surface area contributed by atoms with Gasteiger partial charge in [-0.2, -0.15) is 0 Å². The van der Waals surface area contributed by atoms with Gasteiger partial charge in [0.05, 0.1) is 13.2 Å². The number of unbranched alkanes of at least 4 members (excludes halogenated alkanes) is 2. The fraction of sp³-hybridized carbons (Fsp3) is 0.400. The Kier molecular flexibility index (Phi) is 6.81. The van der Waals surface area contributed by atoms with E-state index >= 15 is 0 Å². The molecule has 0 aliphatic carbocycles. The molecule has 0 spiro atoms. The van der Waals surface area contributed by atoms with Crippen LogP contribution in [-0.2, 0) is 11.3 Å². The summed E-state index contributed by atoms with van der Waals surface area (Å²) in [7, 11) is 0. The van der Waals surface area contributed by atoms with E-state index in [-0.39, 0.29) is 11.5 Å². The van der Waals surface area contributed by atoms with Gasteiger partial charge in [0.2, 0.25) is 5.91 Å². The lowest BCUT2D eigenvalue weighted by molar-refractivity contribution is -0.114. The monoisotopic (exact) mass is 342 g/mol. The van der Waals surface area contributed by atoms with E-state index in [1.54, 1.807) is 10.8 Å². The first-order chi connectivity index (χ1) is 12.0. The SMILES string of the molecule is CCCCCOc1ccn(Cc2cccc(NC(C)=O)c2C)c(=O)c1. The van der Waals surface area contributed by atoms with Crippen LogP contribution in [0, 0.1) is 6.92 Å². The van der Waals surface area contributed by atoms with Crippen LogP contribution in [0.4, 0.5) is 5.69 Å². The van der Waals surface area contributed by atoms with Crippen LogP contribution < -0.4 is 15.6 Å². The van der Waals surface area contributed by atoms with Gasteiger partial charge in [0.1, 0.15) is 5.75 Å². The highest BCUT2D eigenvalue weighted by Gasteiger charge is 2.07. The Morgan fingerprint density at radius 2 is 2.04 bits per heavy atom. The molecule has 0 atom stereocenters. The minimum absolute atomic E-state index is 0.0997. The summed E-state index contributed by atoms with van der Waals surface area (Å²) in [4.78, 5) is 23.6. The minimum Gasteiger partial charge on any atom is -0.493 e. The molecule has 0 saturated carbocycles. The third-order valence-corrected chi connectivity index (χ3v) is 4.08. The first-order valence-corrected chi connectivity index (χ1v) is 8.70. The number of pyridine rings is 1. The molecule has 0 radical (unpaired) electrons. The lowest BCUT2D eigenvalue weighted by Crippen LogP contribution is -2.20. The molecule has 134 valence electrons. The highest BCUT2D eigenvalue weighted by atomic mass is 16.5. The van der Waals surface area contributed by atoms with E-state index in [0.717, 1.165) is 36.1 Å². The highest BCUT2D eigenvalue weighted by Crippen LogP contribution is 2.19. The van der Waals surface area contributed by atoms with Gasteiger partial charge in [0.15, 0.2) is 0 Å². The van der Waals surface area contributed by atoms with Gasteiger partial charge in [0, 0.05) is 24.9 Å². The molecule has 1 amide bonds.